The smallest absolute Gasteiger partial charge is 0.241 e. The van der Waals surface area contributed by atoms with Crippen LogP contribution in [0.1, 0.15) is 19.3 Å². The summed E-state index contributed by atoms with van der Waals surface area (Å²) in [5.74, 6) is -0.0169. The van der Waals surface area contributed by atoms with Crippen molar-refractivity contribution in [1.82, 2.24) is 4.90 Å². The second-order valence-electron chi connectivity index (χ2n) is 5.24. The molecule has 0 unspecified atom stereocenters. The molecule has 1 fully saturated rings. The number of benzene rings is 1. The minimum atomic E-state index is -0.0169. The fourth-order valence-corrected chi connectivity index (χ4v) is 2.74. The van der Waals surface area contributed by atoms with Crippen LogP contribution in [0.5, 0.6) is 0 Å². The maximum Gasteiger partial charge on any atom is 0.241 e. The average Bonchev–Trinajstić information content (AvgIpc) is 2.96. The number of hydrogen-bond donors (Lipinski definition) is 1. The highest BCUT2D eigenvalue weighted by Gasteiger charge is 2.27. The molecular weight excluding hydrogens is 266 g/mol. The van der Waals surface area contributed by atoms with E-state index in [4.69, 9.17) is 5.26 Å². The molecule has 1 saturated heterocycles. The van der Waals surface area contributed by atoms with Crippen molar-refractivity contribution in [2.24, 2.45) is 0 Å². The number of anilines is 1. The quantitative estimate of drug-likeness (QED) is 0.858. The number of carbonyl (C=O) groups excluding carboxylic acids is 1. The molecule has 5 nitrogen and oxygen atoms in total. The van der Waals surface area contributed by atoms with Crippen molar-refractivity contribution in [1.29, 1.82) is 5.26 Å². The lowest BCUT2D eigenvalue weighted by molar-refractivity contribution is -0.120. The Labute approximate surface area is 125 Å². The first-order valence-electron chi connectivity index (χ1n) is 7.33. The van der Waals surface area contributed by atoms with Crippen molar-refractivity contribution >= 4 is 11.6 Å². The number of para-hydroxylation sites is 1. The third-order valence-electron chi connectivity index (χ3n) is 3.86. The van der Waals surface area contributed by atoms with E-state index in [1.807, 2.05) is 35.2 Å². The van der Waals surface area contributed by atoms with Crippen LogP contribution in [-0.2, 0) is 4.79 Å². The zero-order chi connectivity index (χ0) is 15.1. The number of aliphatic hydroxyl groups excluding tert-OH is 1. The summed E-state index contributed by atoms with van der Waals surface area (Å²) in [6.45, 7) is 1.64. The molecule has 0 radical (unpaired) electrons. The predicted molar refractivity (Wildman–Crippen MR) is 80.7 cm³/mol. The van der Waals surface area contributed by atoms with Gasteiger partial charge < -0.3 is 10.0 Å². The Kier molecular flexibility index (Phi) is 5.73. The number of nitriles is 1. The van der Waals surface area contributed by atoms with Gasteiger partial charge in [0, 0.05) is 18.3 Å². The molecule has 1 aliphatic rings. The van der Waals surface area contributed by atoms with Gasteiger partial charge in [-0.1, -0.05) is 18.2 Å². The molecule has 21 heavy (non-hydrogen) atoms. The normalized spacial score (nSPS) is 18.4. The van der Waals surface area contributed by atoms with Crippen molar-refractivity contribution < 1.29 is 9.90 Å². The van der Waals surface area contributed by atoms with Gasteiger partial charge >= 0.3 is 0 Å². The number of aliphatic hydroxyl groups is 1. The van der Waals surface area contributed by atoms with Crippen molar-refractivity contribution in [3.05, 3.63) is 30.3 Å². The van der Waals surface area contributed by atoms with E-state index in [9.17, 15) is 9.90 Å². The average molecular weight is 287 g/mol. The molecule has 1 aromatic rings. The lowest BCUT2D eigenvalue weighted by Gasteiger charge is -2.27. The molecule has 0 bridgehead atoms. The number of likely N-dealkylation sites (tertiary alicyclic amines) is 1. The summed E-state index contributed by atoms with van der Waals surface area (Å²) in [6.07, 6.45) is 2.26. The Morgan fingerprint density at radius 3 is 2.86 bits per heavy atom. The molecule has 1 atom stereocenters. The number of hydrogen-bond acceptors (Lipinski definition) is 4. The zero-order valence-electron chi connectivity index (χ0n) is 12.1. The van der Waals surface area contributed by atoms with E-state index in [2.05, 4.69) is 6.07 Å². The summed E-state index contributed by atoms with van der Waals surface area (Å²) in [5, 5.41) is 18.1. The number of carbonyl (C=O) groups is 1. The van der Waals surface area contributed by atoms with Gasteiger partial charge in [0.15, 0.2) is 0 Å². The first kappa shape index (κ1) is 15.5. The Morgan fingerprint density at radius 2 is 2.19 bits per heavy atom. The molecule has 0 aromatic heterocycles. The summed E-state index contributed by atoms with van der Waals surface area (Å²) in [6, 6.07) is 11.6. The minimum Gasteiger partial charge on any atom is -0.395 e. The number of rotatable bonds is 6. The minimum absolute atomic E-state index is 0.0169. The van der Waals surface area contributed by atoms with E-state index in [-0.39, 0.29) is 18.6 Å². The molecule has 1 amide bonds. The lowest BCUT2D eigenvalue weighted by Crippen LogP contribution is -2.43. The van der Waals surface area contributed by atoms with Gasteiger partial charge in [-0.05, 0) is 31.5 Å². The first-order valence-corrected chi connectivity index (χ1v) is 7.33. The topological polar surface area (TPSA) is 67.6 Å². The Hall–Kier alpha value is -1.90. The largest absolute Gasteiger partial charge is 0.395 e. The predicted octanol–water partition coefficient (Wildman–Crippen LogP) is 1.39. The third-order valence-corrected chi connectivity index (χ3v) is 3.86. The second-order valence-corrected chi connectivity index (χ2v) is 5.24. The molecule has 2 rings (SSSR count). The van der Waals surface area contributed by atoms with Crippen LogP contribution < -0.4 is 4.90 Å². The van der Waals surface area contributed by atoms with Gasteiger partial charge in [-0.3, -0.25) is 9.69 Å². The summed E-state index contributed by atoms with van der Waals surface area (Å²) in [7, 11) is 0. The number of nitrogens with zero attached hydrogens (tertiary/aromatic N) is 3. The van der Waals surface area contributed by atoms with Crippen LogP contribution in [0.4, 0.5) is 5.69 Å². The van der Waals surface area contributed by atoms with Crippen molar-refractivity contribution in [3.8, 4) is 6.07 Å². The van der Waals surface area contributed by atoms with E-state index in [1.54, 1.807) is 4.90 Å². The van der Waals surface area contributed by atoms with Crippen LogP contribution >= 0.6 is 0 Å². The summed E-state index contributed by atoms with van der Waals surface area (Å²) in [5.41, 5.74) is 0.817. The maximum absolute atomic E-state index is 12.6. The van der Waals surface area contributed by atoms with Gasteiger partial charge in [0.05, 0.1) is 25.6 Å². The van der Waals surface area contributed by atoms with E-state index in [1.165, 1.54) is 0 Å². The van der Waals surface area contributed by atoms with Crippen LogP contribution in [0.25, 0.3) is 0 Å². The van der Waals surface area contributed by atoms with Gasteiger partial charge in [-0.25, -0.2) is 0 Å². The molecule has 1 heterocycles. The highest BCUT2D eigenvalue weighted by molar-refractivity contribution is 5.94. The van der Waals surface area contributed by atoms with E-state index < -0.39 is 0 Å². The van der Waals surface area contributed by atoms with Crippen LogP contribution in [0, 0.1) is 11.3 Å². The summed E-state index contributed by atoms with van der Waals surface area (Å²) < 4.78 is 0. The zero-order valence-corrected chi connectivity index (χ0v) is 12.1. The molecule has 0 aliphatic carbocycles. The lowest BCUT2D eigenvalue weighted by atomic mass is 10.2. The molecule has 1 N–H and O–H groups in total. The van der Waals surface area contributed by atoms with Gasteiger partial charge in [-0.2, -0.15) is 5.26 Å². The van der Waals surface area contributed by atoms with Crippen LogP contribution in [0.3, 0.4) is 0 Å². The number of amides is 1. The molecule has 112 valence electrons. The van der Waals surface area contributed by atoms with E-state index >= 15 is 0 Å². The van der Waals surface area contributed by atoms with Gasteiger partial charge in [0.2, 0.25) is 5.91 Å². The molecule has 0 saturated carbocycles. The maximum atomic E-state index is 12.6. The van der Waals surface area contributed by atoms with Gasteiger partial charge in [-0.15, -0.1) is 0 Å². The van der Waals surface area contributed by atoms with Crippen molar-refractivity contribution in [2.45, 2.75) is 25.3 Å². The third kappa shape index (κ3) is 4.03. The van der Waals surface area contributed by atoms with Crippen molar-refractivity contribution in [2.75, 3.05) is 31.1 Å². The molecule has 1 aromatic carbocycles. The highest BCUT2D eigenvalue weighted by atomic mass is 16.3. The van der Waals surface area contributed by atoms with Gasteiger partial charge in [0.25, 0.3) is 0 Å². The Bertz CT molecular complexity index is 498. The van der Waals surface area contributed by atoms with E-state index in [0.29, 0.717) is 19.5 Å². The first-order chi connectivity index (χ1) is 10.3. The monoisotopic (exact) mass is 287 g/mol. The van der Waals surface area contributed by atoms with Crippen molar-refractivity contribution in [3.63, 3.8) is 0 Å². The van der Waals surface area contributed by atoms with E-state index in [0.717, 1.165) is 25.1 Å². The molecule has 1 aliphatic heterocycles. The molecule has 5 heteroatoms. The Morgan fingerprint density at radius 1 is 1.43 bits per heavy atom. The summed E-state index contributed by atoms with van der Waals surface area (Å²) in [4.78, 5) is 16.3. The molecule has 0 spiro atoms. The van der Waals surface area contributed by atoms with Gasteiger partial charge in [0.1, 0.15) is 0 Å². The van der Waals surface area contributed by atoms with Crippen LogP contribution in [-0.4, -0.2) is 48.2 Å². The highest BCUT2D eigenvalue weighted by Crippen LogP contribution is 2.19. The SMILES string of the molecule is N#CCCN(C(=O)CN1CCC[C@@H]1CO)c1ccccc1. The second kappa shape index (κ2) is 7.77. The van der Waals surface area contributed by atoms with Crippen LogP contribution in [0.15, 0.2) is 30.3 Å². The fourth-order valence-electron chi connectivity index (χ4n) is 2.74. The van der Waals surface area contributed by atoms with Crippen LogP contribution in [0.2, 0.25) is 0 Å². The summed E-state index contributed by atoms with van der Waals surface area (Å²) >= 11 is 0. The molecular formula is C16H21N3O2. The fraction of sp³-hybridized carbons (Fsp3) is 0.500. The Balaban J connectivity index is 2.06. The standard InChI is InChI=1S/C16H21N3O2/c17-9-5-11-19(14-6-2-1-3-7-14)16(21)12-18-10-4-8-15(18)13-20/h1-3,6-7,15,20H,4-5,8,10-13H2/t15-/m1/s1.